The maximum Gasteiger partial charge on any atom is 0.266 e. The number of nitrogens with zero attached hydrogens (tertiary/aromatic N) is 7. The van der Waals surface area contributed by atoms with Gasteiger partial charge in [0.1, 0.15) is 17.6 Å². The lowest BCUT2D eigenvalue weighted by Crippen LogP contribution is -2.40. The van der Waals surface area contributed by atoms with Crippen molar-refractivity contribution in [2.24, 2.45) is 5.92 Å². The summed E-state index contributed by atoms with van der Waals surface area (Å²) in [5.41, 5.74) is 0.823. The van der Waals surface area contributed by atoms with Crippen molar-refractivity contribution >= 4 is 10.0 Å². The number of hydrogen-bond acceptors (Lipinski definition) is 7. The summed E-state index contributed by atoms with van der Waals surface area (Å²) < 4.78 is 30.3. The van der Waals surface area contributed by atoms with Crippen molar-refractivity contribution in [3.8, 4) is 5.82 Å². The van der Waals surface area contributed by atoms with E-state index in [9.17, 15) is 13.2 Å². The highest BCUT2D eigenvalue weighted by molar-refractivity contribution is 7.89. The normalized spacial score (nSPS) is 16.3. The Kier molecular flexibility index (Phi) is 5.04. The molecule has 3 aromatic heterocycles. The molecule has 1 N–H and O–H groups in total. The monoisotopic (exact) mass is 418 g/mol. The first-order valence-electron chi connectivity index (χ1n) is 9.31. The zero-order chi connectivity index (χ0) is 20.6. The van der Waals surface area contributed by atoms with Crippen LogP contribution in [0.4, 0.5) is 0 Å². The van der Waals surface area contributed by atoms with Crippen molar-refractivity contribution in [1.82, 2.24) is 39.0 Å². The molecule has 11 nitrogen and oxygen atoms in total. The Labute approximate surface area is 167 Å². The molecule has 3 aromatic rings. The number of hydrogen-bond donors (Lipinski definition) is 1. The molecule has 154 valence electrons. The highest BCUT2D eigenvalue weighted by atomic mass is 32.2. The van der Waals surface area contributed by atoms with Gasteiger partial charge in [-0.1, -0.05) is 0 Å². The van der Waals surface area contributed by atoms with Crippen LogP contribution in [0.2, 0.25) is 0 Å². The van der Waals surface area contributed by atoms with Crippen LogP contribution < -0.4 is 5.56 Å². The molecule has 0 aliphatic carbocycles. The van der Waals surface area contributed by atoms with E-state index in [2.05, 4.69) is 25.4 Å². The van der Waals surface area contributed by atoms with Crippen molar-refractivity contribution in [3.63, 3.8) is 0 Å². The second-order valence-electron chi connectivity index (χ2n) is 7.16. The molecule has 0 radical (unpaired) electrons. The quantitative estimate of drug-likeness (QED) is 0.629. The lowest BCUT2D eigenvalue weighted by molar-refractivity contribution is 0.244. The number of sulfonamides is 1. The summed E-state index contributed by atoms with van der Waals surface area (Å²) in [6, 6.07) is 3.05. The molecule has 0 unspecified atom stereocenters. The zero-order valence-corrected chi connectivity index (χ0v) is 17.0. The van der Waals surface area contributed by atoms with Gasteiger partial charge < -0.3 is 0 Å². The summed E-state index contributed by atoms with van der Waals surface area (Å²) in [4.78, 5) is 16.4. The Morgan fingerprint density at radius 2 is 1.97 bits per heavy atom. The molecule has 0 aromatic carbocycles. The Morgan fingerprint density at radius 3 is 2.59 bits per heavy atom. The first-order valence-corrected chi connectivity index (χ1v) is 10.7. The summed E-state index contributed by atoms with van der Waals surface area (Å²) in [6.07, 6.45) is 4.21. The van der Waals surface area contributed by atoms with Crippen molar-refractivity contribution in [2.45, 2.75) is 38.1 Å². The summed E-state index contributed by atoms with van der Waals surface area (Å²) in [5, 5.41) is 15.1. The van der Waals surface area contributed by atoms with Gasteiger partial charge in [-0.15, -0.1) is 5.10 Å². The third-order valence-corrected chi connectivity index (χ3v) is 7.33. The minimum atomic E-state index is -3.58. The van der Waals surface area contributed by atoms with E-state index in [0.717, 1.165) is 0 Å². The maximum absolute atomic E-state index is 13.0. The number of piperidine rings is 1. The summed E-state index contributed by atoms with van der Waals surface area (Å²) >= 11 is 0. The van der Waals surface area contributed by atoms with Crippen molar-refractivity contribution in [1.29, 1.82) is 0 Å². The van der Waals surface area contributed by atoms with E-state index in [4.69, 9.17) is 0 Å². The van der Waals surface area contributed by atoms with Gasteiger partial charge in [0.05, 0.1) is 11.4 Å². The molecule has 4 rings (SSSR count). The SMILES string of the molecule is Cc1n[nH]c(C)c1S(=O)(=O)N1CCC(Cn2nc(-n3cncn3)ccc2=O)CC1. The fraction of sp³-hybridized carbons (Fsp3) is 0.471. The van der Waals surface area contributed by atoms with Crippen molar-refractivity contribution in [3.05, 3.63) is 46.5 Å². The van der Waals surface area contributed by atoms with Crippen LogP contribution in [-0.4, -0.2) is 60.6 Å². The summed E-state index contributed by atoms with van der Waals surface area (Å²) in [5.74, 6) is 0.664. The van der Waals surface area contributed by atoms with Crippen molar-refractivity contribution in [2.75, 3.05) is 13.1 Å². The van der Waals surface area contributed by atoms with Gasteiger partial charge in [0.25, 0.3) is 5.56 Å². The highest BCUT2D eigenvalue weighted by Gasteiger charge is 2.33. The standard InChI is InChI=1S/C17H22N8O3S/c1-12-17(13(2)21-20-12)29(27,28)23-7-5-14(6-8-23)9-24-16(26)4-3-15(22-24)25-11-18-10-19-25/h3-4,10-11,14H,5-9H2,1-2H3,(H,20,21). The van der Waals surface area contributed by atoms with Crippen LogP contribution in [0.3, 0.4) is 0 Å². The molecule has 1 aliphatic heterocycles. The van der Waals surface area contributed by atoms with E-state index in [1.54, 1.807) is 19.9 Å². The van der Waals surface area contributed by atoms with Gasteiger partial charge >= 0.3 is 0 Å². The molecule has 0 saturated carbocycles. The average Bonchev–Trinajstić information content (AvgIpc) is 3.34. The summed E-state index contributed by atoms with van der Waals surface area (Å²) in [7, 11) is -3.58. The highest BCUT2D eigenvalue weighted by Crippen LogP contribution is 2.27. The molecule has 1 fully saturated rings. The molecule has 0 amide bonds. The Bertz CT molecular complexity index is 1140. The number of aromatic nitrogens is 7. The Morgan fingerprint density at radius 1 is 1.21 bits per heavy atom. The second-order valence-corrected chi connectivity index (χ2v) is 9.04. The molecule has 1 saturated heterocycles. The number of rotatable bonds is 5. The largest absolute Gasteiger partial charge is 0.281 e. The number of aryl methyl sites for hydroxylation is 2. The van der Waals surface area contributed by atoms with E-state index in [1.807, 2.05) is 0 Å². The van der Waals surface area contributed by atoms with E-state index in [0.29, 0.717) is 49.7 Å². The molecule has 4 heterocycles. The van der Waals surface area contributed by atoms with Gasteiger partial charge in [0.15, 0.2) is 5.82 Å². The maximum atomic E-state index is 13.0. The van der Waals surface area contributed by atoms with Crippen LogP contribution >= 0.6 is 0 Å². The van der Waals surface area contributed by atoms with Gasteiger partial charge in [-0.25, -0.2) is 22.8 Å². The van der Waals surface area contributed by atoms with Crippen LogP contribution in [0, 0.1) is 19.8 Å². The third kappa shape index (κ3) is 3.72. The van der Waals surface area contributed by atoms with E-state index in [1.165, 1.54) is 32.4 Å². The lowest BCUT2D eigenvalue weighted by Gasteiger charge is -2.31. The topological polar surface area (TPSA) is 132 Å². The number of aromatic amines is 1. The fourth-order valence-corrected chi connectivity index (χ4v) is 5.45. The molecular formula is C17H22N8O3S. The lowest BCUT2D eigenvalue weighted by atomic mass is 9.98. The second kappa shape index (κ2) is 7.52. The van der Waals surface area contributed by atoms with Crippen molar-refractivity contribution < 1.29 is 8.42 Å². The van der Waals surface area contributed by atoms with Crippen LogP contribution in [0.15, 0.2) is 34.5 Å². The Hall–Kier alpha value is -2.86. The summed E-state index contributed by atoms with van der Waals surface area (Å²) in [6.45, 7) is 4.62. The van der Waals surface area contributed by atoms with Gasteiger partial charge in [-0.05, 0) is 38.7 Å². The van der Waals surface area contributed by atoms with E-state index < -0.39 is 10.0 Å². The van der Waals surface area contributed by atoms with Crippen LogP contribution in [0.5, 0.6) is 0 Å². The molecule has 0 spiro atoms. The fourth-order valence-electron chi connectivity index (χ4n) is 3.64. The first-order chi connectivity index (χ1) is 13.9. The van der Waals surface area contributed by atoms with Gasteiger partial charge in [-0.3, -0.25) is 9.89 Å². The minimum absolute atomic E-state index is 0.157. The smallest absolute Gasteiger partial charge is 0.266 e. The Balaban J connectivity index is 1.46. The first kappa shape index (κ1) is 19.5. The third-order valence-electron chi connectivity index (χ3n) is 5.17. The van der Waals surface area contributed by atoms with Gasteiger partial charge in [0, 0.05) is 25.7 Å². The molecule has 0 atom stereocenters. The predicted molar refractivity (Wildman–Crippen MR) is 103 cm³/mol. The number of nitrogens with one attached hydrogen (secondary N) is 1. The molecular weight excluding hydrogens is 396 g/mol. The zero-order valence-electron chi connectivity index (χ0n) is 16.2. The molecule has 29 heavy (non-hydrogen) atoms. The van der Waals surface area contributed by atoms with Crippen LogP contribution in [0.1, 0.15) is 24.2 Å². The molecule has 0 bridgehead atoms. The van der Waals surface area contributed by atoms with Crippen LogP contribution in [0.25, 0.3) is 5.82 Å². The average molecular weight is 418 g/mol. The van der Waals surface area contributed by atoms with Gasteiger partial charge in [-0.2, -0.15) is 14.5 Å². The van der Waals surface area contributed by atoms with Gasteiger partial charge in [0.2, 0.25) is 10.0 Å². The van der Waals surface area contributed by atoms with E-state index in [-0.39, 0.29) is 16.4 Å². The minimum Gasteiger partial charge on any atom is -0.281 e. The van der Waals surface area contributed by atoms with Crippen LogP contribution in [-0.2, 0) is 16.6 Å². The molecule has 1 aliphatic rings. The molecule has 12 heteroatoms. The van der Waals surface area contributed by atoms with E-state index >= 15 is 0 Å². The number of H-pyrrole nitrogens is 1. The predicted octanol–water partition coefficient (Wildman–Crippen LogP) is 0.265.